The zero-order valence-corrected chi connectivity index (χ0v) is 25.3. The monoisotopic (exact) mass is 574 g/mol. The van der Waals surface area contributed by atoms with Gasteiger partial charge in [0.05, 0.1) is 12.2 Å². The molecule has 7 nitrogen and oxygen atoms in total. The predicted molar refractivity (Wildman–Crippen MR) is 148 cm³/mol. The molecule has 0 N–H and O–H groups in total. The maximum Gasteiger partial charge on any atom is 0.306 e. The molecule has 0 bridgehead atoms. The van der Waals surface area contributed by atoms with Gasteiger partial charge in [-0.25, -0.2) is 0 Å². The molecule has 1 saturated heterocycles. The molecule has 0 aromatic carbocycles. The van der Waals surface area contributed by atoms with Crippen LogP contribution in [0.3, 0.4) is 0 Å². The largest absolute Gasteiger partial charge is 0.463 e. The number of alkyl halides is 2. The summed E-state index contributed by atoms with van der Waals surface area (Å²) in [6.07, 6.45) is 6.27. The minimum absolute atomic E-state index is 0.0940. The number of Topliss-reactive ketones (excluding diaryl/α,β-unsaturated/α-hetero) is 1. The lowest BCUT2D eigenvalue weighted by Crippen LogP contribution is -2.33. The Labute approximate surface area is 239 Å². The first-order valence-corrected chi connectivity index (χ1v) is 15.4. The van der Waals surface area contributed by atoms with Gasteiger partial charge in [-0.05, 0) is 70.6 Å². The highest BCUT2D eigenvalue weighted by atomic mass is 19.3. The standard InChI is InChI=1S/C31H52F2O7/c1-21(2)17-18-31(32,33)28(35)16-15-25-24(12-8-6-7-9-13-29(36)38-22(3)4)26(39-23(5)34)20-27(25)40-30-14-10-11-19-37-30/h21-22,24-27,30H,6-20H2,1-5H3/t24-,25-,26+,27-,30?/m1/s1. The van der Waals surface area contributed by atoms with Gasteiger partial charge in [-0.1, -0.05) is 33.1 Å². The molecule has 2 aliphatic rings. The van der Waals surface area contributed by atoms with Crippen molar-refractivity contribution < 1.29 is 42.1 Å². The Morgan fingerprint density at radius 3 is 2.25 bits per heavy atom. The first-order chi connectivity index (χ1) is 18.9. The molecule has 1 aliphatic heterocycles. The number of rotatable bonds is 18. The molecule has 1 unspecified atom stereocenters. The summed E-state index contributed by atoms with van der Waals surface area (Å²) >= 11 is 0. The fourth-order valence-corrected chi connectivity index (χ4v) is 5.86. The number of unbranched alkanes of at least 4 members (excludes halogenated alkanes) is 3. The molecule has 0 radical (unpaired) electrons. The van der Waals surface area contributed by atoms with Crippen LogP contribution in [0, 0.1) is 17.8 Å². The first kappa shape index (κ1) is 34.6. The maximum absolute atomic E-state index is 14.6. The zero-order chi connectivity index (χ0) is 29.7. The highest BCUT2D eigenvalue weighted by molar-refractivity contribution is 5.85. The molecule has 0 aromatic heterocycles. The number of carbonyl (C=O) groups excluding carboxylic acids is 3. The molecule has 0 spiro atoms. The van der Waals surface area contributed by atoms with Crippen LogP contribution in [0.15, 0.2) is 0 Å². The average Bonchev–Trinajstić information content (AvgIpc) is 3.18. The molecule has 9 heteroatoms. The van der Waals surface area contributed by atoms with E-state index in [0.717, 1.165) is 51.4 Å². The van der Waals surface area contributed by atoms with Gasteiger partial charge in [-0.3, -0.25) is 14.4 Å². The minimum Gasteiger partial charge on any atom is -0.463 e. The van der Waals surface area contributed by atoms with Crippen LogP contribution >= 0.6 is 0 Å². The van der Waals surface area contributed by atoms with E-state index in [1.54, 1.807) is 0 Å². The van der Waals surface area contributed by atoms with Crippen LogP contribution < -0.4 is 0 Å². The number of halogens is 2. The van der Waals surface area contributed by atoms with Gasteiger partial charge >= 0.3 is 17.9 Å². The van der Waals surface area contributed by atoms with Crippen molar-refractivity contribution in [2.75, 3.05) is 6.61 Å². The van der Waals surface area contributed by atoms with Crippen LogP contribution in [0.1, 0.15) is 125 Å². The van der Waals surface area contributed by atoms with Gasteiger partial charge < -0.3 is 18.9 Å². The van der Waals surface area contributed by atoms with E-state index < -0.39 is 24.2 Å². The fraction of sp³-hybridized carbons (Fsp3) is 0.903. The average molecular weight is 575 g/mol. The molecule has 2 rings (SSSR count). The van der Waals surface area contributed by atoms with Gasteiger partial charge in [0.15, 0.2) is 6.29 Å². The van der Waals surface area contributed by atoms with Gasteiger partial charge in [0, 0.05) is 45.1 Å². The zero-order valence-electron chi connectivity index (χ0n) is 25.3. The summed E-state index contributed by atoms with van der Waals surface area (Å²) in [6, 6.07) is 0. The molecule has 232 valence electrons. The SMILES string of the molecule is CC(=O)O[C@H]1C[C@@H](OC2CCCCO2)[C@H](CCC(=O)C(F)(F)CCC(C)C)[C@H]1CCCCCCC(=O)OC(C)C. The van der Waals surface area contributed by atoms with E-state index in [4.69, 9.17) is 18.9 Å². The highest BCUT2D eigenvalue weighted by Crippen LogP contribution is 2.44. The third kappa shape index (κ3) is 12.5. The second-order valence-electron chi connectivity index (χ2n) is 12.3. The van der Waals surface area contributed by atoms with Crippen molar-refractivity contribution in [2.24, 2.45) is 17.8 Å². The van der Waals surface area contributed by atoms with Gasteiger partial charge in [0.2, 0.25) is 5.78 Å². The lowest BCUT2D eigenvalue weighted by Gasteiger charge is -2.30. The van der Waals surface area contributed by atoms with Crippen LogP contribution in [-0.2, 0) is 33.3 Å². The van der Waals surface area contributed by atoms with Crippen LogP contribution in [-0.4, -0.2) is 54.9 Å². The molecular formula is C31H52F2O7. The molecule has 2 fully saturated rings. The normalized spacial score (nSPS) is 25.4. The third-order valence-corrected chi connectivity index (χ3v) is 7.94. The van der Waals surface area contributed by atoms with E-state index >= 15 is 0 Å². The number of hydrogen-bond acceptors (Lipinski definition) is 7. The van der Waals surface area contributed by atoms with Crippen molar-refractivity contribution in [1.82, 2.24) is 0 Å². The second kappa shape index (κ2) is 17.4. The number of esters is 2. The van der Waals surface area contributed by atoms with Crippen molar-refractivity contribution in [3.8, 4) is 0 Å². The van der Waals surface area contributed by atoms with Crippen LogP contribution in [0.2, 0.25) is 0 Å². The Balaban J connectivity index is 2.04. The van der Waals surface area contributed by atoms with E-state index in [1.165, 1.54) is 6.92 Å². The maximum atomic E-state index is 14.6. The first-order valence-electron chi connectivity index (χ1n) is 15.4. The Morgan fingerprint density at radius 1 is 0.925 bits per heavy atom. The number of ether oxygens (including phenoxy) is 4. The number of ketones is 1. The molecule has 0 amide bonds. The Bertz CT molecular complexity index is 780. The molecule has 1 aliphatic carbocycles. The van der Waals surface area contributed by atoms with Crippen LogP contribution in [0.25, 0.3) is 0 Å². The van der Waals surface area contributed by atoms with E-state index in [0.29, 0.717) is 25.9 Å². The van der Waals surface area contributed by atoms with Crippen LogP contribution in [0.4, 0.5) is 8.78 Å². The quantitative estimate of drug-likeness (QED) is 0.127. The van der Waals surface area contributed by atoms with Crippen molar-refractivity contribution >= 4 is 17.7 Å². The minimum atomic E-state index is -3.34. The van der Waals surface area contributed by atoms with Crippen molar-refractivity contribution in [2.45, 2.75) is 155 Å². The van der Waals surface area contributed by atoms with Crippen molar-refractivity contribution in [3.05, 3.63) is 0 Å². The summed E-state index contributed by atoms with van der Waals surface area (Å²) in [6.45, 7) is 9.38. The summed E-state index contributed by atoms with van der Waals surface area (Å²) < 4.78 is 52.2. The van der Waals surface area contributed by atoms with E-state index in [2.05, 4.69) is 0 Å². The molecule has 1 saturated carbocycles. The van der Waals surface area contributed by atoms with E-state index in [-0.39, 0.29) is 61.0 Å². The molecule has 0 aromatic rings. The topological polar surface area (TPSA) is 88.1 Å². The third-order valence-electron chi connectivity index (χ3n) is 7.94. The lowest BCUT2D eigenvalue weighted by molar-refractivity contribution is -0.196. The lowest BCUT2D eigenvalue weighted by atomic mass is 9.84. The van der Waals surface area contributed by atoms with Gasteiger partial charge in [0.25, 0.3) is 0 Å². The summed E-state index contributed by atoms with van der Waals surface area (Å²) in [5.41, 5.74) is 0. The fourth-order valence-electron chi connectivity index (χ4n) is 5.86. The van der Waals surface area contributed by atoms with Gasteiger partial charge in [-0.2, -0.15) is 8.78 Å². The smallest absolute Gasteiger partial charge is 0.306 e. The Kier molecular flexibility index (Phi) is 15.0. The van der Waals surface area contributed by atoms with E-state index in [9.17, 15) is 23.2 Å². The highest BCUT2D eigenvalue weighted by Gasteiger charge is 2.47. The second-order valence-corrected chi connectivity index (χ2v) is 12.3. The van der Waals surface area contributed by atoms with E-state index in [1.807, 2.05) is 27.7 Å². The van der Waals surface area contributed by atoms with Gasteiger partial charge in [0.1, 0.15) is 6.10 Å². The Hall–Kier alpha value is -1.61. The summed E-state index contributed by atoms with van der Waals surface area (Å²) in [7, 11) is 0. The summed E-state index contributed by atoms with van der Waals surface area (Å²) in [5, 5.41) is 0. The molecule has 5 atom stereocenters. The van der Waals surface area contributed by atoms with Gasteiger partial charge in [-0.15, -0.1) is 0 Å². The molecule has 40 heavy (non-hydrogen) atoms. The van der Waals surface area contributed by atoms with Crippen molar-refractivity contribution in [3.63, 3.8) is 0 Å². The Morgan fingerprint density at radius 2 is 1.62 bits per heavy atom. The molecular weight excluding hydrogens is 522 g/mol. The molecule has 1 heterocycles. The summed E-state index contributed by atoms with van der Waals surface area (Å²) in [5.74, 6) is -5.14. The summed E-state index contributed by atoms with van der Waals surface area (Å²) in [4.78, 5) is 36.3. The predicted octanol–water partition coefficient (Wildman–Crippen LogP) is 7.18. The van der Waals surface area contributed by atoms with Crippen molar-refractivity contribution in [1.29, 1.82) is 0 Å². The number of carbonyl (C=O) groups is 3. The van der Waals surface area contributed by atoms with Crippen LogP contribution in [0.5, 0.6) is 0 Å². The number of hydrogen-bond donors (Lipinski definition) is 0.